The minimum Gasteiger partial charge on any atom is -0.356 e. The van der Waals surface area contributed by atoms with Crippen LogP contribution in [-0.2, 0) is 16.0 Å². The van der Waals surface area contributed by atoms with Crippen molar-refractivity contribution in [3.05, 3.63) is 35.4 Å². The quantitative estimate of drug-likeness (QED) is 0.700. The van der Waals surface area contributed by atoms with Gasteiger partial charge in [-0.15, -0.1) is 0 Å². The van der Waals surface area contributed by atoms with Crippen LogP contribution in [0.25, 0.3) is 0 Å². The zero-order valence-corrected chi connectivity index (χ0v) is 17.5. The molecule has 0 bridgehead atoms. The van der Waals surface area contributed by atoms with Gasteiger partial charge >= 0.3 is 0 Å². The molecule has 0 aromatic heterocycles. The van der Waals surface area contributed by atoms with E-state index in [2.05, 4.69) is 48.3 Å². The van der Waals surface area contributed by atoms with Gasteiger partial charge in [0.2, 0.25) is 11.8 Å². The standard InChI is InChI=1S/C23H35N3O2/c1-18-4-6-20(7-5-18)10-15-26-17-21(16-22(26)27)23(28)24-11-3-12-25-13-8-19(2)9-14-25/h4-7,19,21H,3,8-17H2,1-2H3,(H,24,28)/t21-/m1/s1. The lowest BCUT2D eigenvalue weighted by molar-refractivity contribution is -0.129. The van der Waals surface area contributed by atoms with Crippen molar-refractivity contribution in [2.24, 2.45) is 11.8 Å². The number of hydrogen-bond acceptors (Lipinski definition) is 3. The normalized spacial score (nSPS) is 21.3. The first kappa shape index (κ1) is 20.8. The molecular weight excluding hydrogens is 350 g/mol. The summed E-state index contributed by atoms with van der Waals surface area (Å²) in [6.45, 7) is 9.77. The summed E-state index contributed by atoms with van der Waals surface area (Å²) < 4.78 is 0. The van der Waals surface area contributed by atoms with Crippen molar-refractivity contribution in [2.75, 3.05) is 39.3 Å². The highest BCUT2D eigenvalue weighted by Gasteiger charge is 2.33. The first-order chi connectivity index (χ1) is 13.5. The highest BCUT2D eigenvalue weighted by atomic mass is 16.2. The second kappa shape index (κ2) is 10.1. The van der Waals surface area contributed by atoms with Crippen molar-refractivity contribution in [1.29, 1.82) is 0 Å². The van der Waals surface area contributed by atoms with Crippen molar-refractivity contribution in [3.8, 4) is 0 Å². The Labute approximate surface area is 169 Å². The number of piperidine rings is 1. The predicted octanol–water partition coefficient (Wildman–Crippen LogP) is 2.62. The lowest BCUT2D eigenvalue weighted by Crippen LogP contribution is -2.37. The molecule has 154 valence electrons. The smallest absolute Gasteiger partial charge is 0.225 e. The third-order valence-electron chi connectivity index (χ3n) is 6.20. The van der Waals surface area contributed by atoms with Crippen LogP contribution in [0.3, 0.4) is 0 Å². The average molecular weight is 386 g/mol. The van der Waals surface area contributed by atoms with Gasteiger partial charge in [-0.1, -0.05) is 36.8 Å². The maximum atomic E-state index is 12.4. The molecule has 2 aliphatic heterocycles. The third-order valence-corrected chi connectivity index (χ3v) is 6.20. The molecule has 5 nitrogen and oxygen atoms in total. The van der Waals surface area contributed by atoms with E-state index in [9.17, 15) is 9.59 Å². The molecule has 28 heavy (non-hydrogen) atoms. The van der Waals surface area contributed by atoms with E-state index in [0.717, 1.165) is 25.3 Å². The van der Waals surface area contributed by atoms with Gasteiger partial charge in [-0.25, -0.2) is 0 Å². The number of nitrogens with one attached hydrogen (secondary N) is 1. The van der Waals surface area contributed by atoms with Crippen molar-refractivity contribution in [2.45, 2.75) is 46.0 Å². The van der Waals surface area contributed by atoms with Crippen molar-refractivity contribution >= 4 is 11.8 Å². The maximum absolute atomic E-state index is 12.4. The Kier molecular flexibility index (Phi) is 7.49. The predicted molar refractivity (Wildman–Crippen MR) is 112 cm³/mol. The number of hydrogen-bond donors (Lipinski definition) is 1. The Morgan fingerprint density at radius 2 is 1.86 bits per heavy atom. The number of carbonyl (C=O) groups excluding carboxylic acids is 2. The first-order valence-electron chi connectivity index (χ1n) is 10.8. The Bertz CT molecular complexity index is 650. The fraction of sp³-hybridized carbons (Fsp3) is 0.652. The monoisotopic (exact) mass is 385 g/mol. The molecule has 1 N–H and O–H groups in total. The minimum absolute atomic E-state index is 0.0402. The molecule has 1 atom stereocenters. The van der Waals surface area contributed by atoms with Crippen LogP contribution in [0, 0.1) is 18.8 Å². The van der Waals surface area contributed by atoms with Crippen LogP contribution in [0.15, 0.2) is 24.3 Å². The summed E-state index contributed by atoms with van der Waals surface area (Å²) in [6.07, 6.45) is 4.75. The molecule has 2 saturated heterocycles. The van der Waals surface area contributed by atoms with Crippen LogP contribution in [-0.4, -0.2) is 60.9 Å². The van der Waals surface area contributed by atoms with Crippen LogP contribution < -0.4 is 5.32 Å². The van der Waals surface area contributed by atoms with E-state index in [1.54, 1.807) is 0 Å². The van der Waals surface area contributed by atoms with E-state index in [4.69, 9.17) is 0 Å². The van der Waals surface area contributed by atoms with E-state index in [1.807, 2.05) is 4.90 Å². The highest BCUT2D eigenvalue weighted by Crippen LogP contribution is 2.19. The number of carbonyl (C=O) groups is 2. The number of benzene rings is 1. The van der Waals surface area contributed by atoms with Crippen LogP contribution in [0.1, 0.15) is 43.7 Å². The summed E-state index contributed by atoms with van der Waals surface area (Å²) in [5.74, 6) is 0.805. The molecule has 2 heterocycles. The molecule has 0 saturated carbocycles. The summed E-state index contributed by atoms with van der Waals surface area (Å²) in [6, 6.07) is 8.43. The van der Waals surface area contributed by atoms with Gasteiger partial charge in [-0.05, 0) is 63.7 Å². The molecule has 0 radical (unpaired) electrons. The molecule has 2 amide bonds. The van der Waals surface area contributed by atoms with Gasteiger partial charge in [-0.3, -0.25) is 9.59 Å². The number of amides is 2. The van der Waals surface area contributed by atoms with Gasteiger partial charge in [-0.2, -0.15) is 0 Å². The van der Waals surface area contributed by atoms with Gasteiger partial charge in [0.15, 0.2) is 0 Å². The van der Waals surface area contributed by atoms with Crippen molar-refractivity contribution in [3.63, 3.8) is 0 Å². The Morgan fingerprint density at radius 1 is 1.14 bits per heavy atom. The number of rotatable bonds is 8. The van der Waals surface area contributed by atoms with Crippen LogP contribution >= 0.6 is 0 Å². The van der Waals surface area contributed by atoms with Gasteiger partial charge in [0.25, 0.3) is 0 Å². The molecule has 2 aliphatic rings. The SMILES string of the molecule is Cc1ccc(CCN2C[C@H](C(=O)NCCCN3CCC(C)CC3)CC2=O)cc1. The molecule has 0 spiro atoms. The summed E-state index contributed by atoms with van der Waals surface area (Å²) in [7, 11) is 0. The molecular formula is C23H35N3O2. The number of aryl methyl sites for hydroxylation is 1. The molecule has 0 aliphatic carbocycles. The second-order valence-electron chi connectivity index (χ2n) is 8.65. The second-order valence-corrected chi connectivity index (χ2v) is 8.65. The lowest BCUT2D eigenvalue weighted by Gasteiger charge is -2.30. The van der Waals surface area contributed by atoms with Gasteiger partial charge in [0, 0.05) is 26.1 Å². The lowest BCUT2D eigenvalue weighted by atomic mass is 9.99. The number of nitrogens with zero attached hydrogens (tertiary/aromatic N) is 2. The molecule has 1 aromatic carbocycles. The molecule has 0 unspecified atom stereocenters. The Balaban J connectivity index is 1.33. The maximum Gasteiger partial charge on any atom is 0.225 e. The third kappa shape index (κ3) is 6.06. The summed E-state index contributed by atoms with van der Waals surface area (Å²) >= 11 is 0. The van der Waals surface area contributed by atoms with E-state index < -0.39 is 0 Å². The Morgan fingerprint density at radius 3 is 2.57 bits per heavy atom. The fourth-order valence-corrected chi connectivity index (χ4v) is 4.13. The summed E-state index contributed by atoms with van der Waals surface area (Å²) in [5.41, 5.74) is 2.48. The highest BCUT2D eigenvalue weighted by molar-refractivity contribution is 5.89. The average Bonchev–Trinajstić information content (AvgIpc) is 3.07. The van der Waals surface area contributed by atoms with E-state index in [0.29, 0.717) is 26.1 Å². The molecule has 2 fully saturated rings. The van der Waals surface area contributed by atoms with Gasteiger partial charge in [0.05, 0.1) is 5.92 Å². The van der Waals surface area contributed by atoms with E-state index >= 15 is 0 Å². The first-order valence-corrected chi connectivity index (χ1v) is 10.8. The molecule has 1 aromatic rings. The van der Waals surface area contributed by atoms with Gasteiger partial charge < -0.3 is 15.1 Å². The fourth-order valence-electron chi connectivity index (χ4n) is 4.13. The zero-order valence-electron chi connectivity index (χ0n) is 17.5. The van der Waals surface area contributed by atoms with Crippen molar-refractivity contribution in [1.82, 2.24) is 15.1 Å². The Hall–Kier alpha value is -1.88. The largest absolute Gasteiger partial charge is 0.356 e. The molecule has 3 rings (SSSR count). The van der Waals surface area contributed by atoms with Gasteiger partial charge in [0.1, 0.15) is 0 Å². The van der Waals surface area contributed by atoms with Crippen LogP contribution in [0.5, 0.6) is 0 Å². The van der Waals surface area contributed by atoms with E-state index in [-0.39, 0.29) is 17.7 Å². The summed E-state index contributed by atoms with van der Waals surface area (Å²) in [4.78, 5) is 29.0. The minimum atomic E-state index is -0.193. The number of likely N-dealkylation sites (tertiary alicyclic amines) is 2. The van der Waals surface area contributed by atoms with Crippen LogP contribution in [0.4, 0.5) is 0 Å². The van der Waals surface area contributed by atoms with Crippen molar-refractivity contribution < 1.29 is 9.59 Å². The van der Waals surface area contributed by atoms with E-state index in [1.165, 1.54) is 37.1 Å². The topological polar surface area (TPSA) is 52.7 Å². The summed E-state index contributed by atoms with van der Waals surface area (Å²) in [5, 5.41) is 3.05. The van der Waals surface area contributed by atoms with Crippen LogP contribution in [0.2, 0.25) is 0 Å². The zero-order chi connectivity index (χ0) is 19.9. The molecule has 5 heteroatoms.